The van der Waals surface area contributed by atoms with E-state index in [-0.39, 0.29) is 18.6 Å². The minimum Gasteiger partial charge on any atom is -0.370 e. The summed E-state index contributed by atoms with van der Waals surface area (Å²) >= 11 is 0. The van der Waals surface area contributed by atoms with Gasteiger partial charge in [0.15, 0.2) is 11.5 Å². The first-order valence-corrected chi connectivity index (χ1v) is 9.49. The van der Waals surface area contributed by atoms with Crippen molar-refractivity contribution in [2.45, 2.75) is 12.2 Å². The van der Waals surface area contributed by atoms with Crippen LogP contribution >= 0.6 is 0 Å². The van der Waals surface area contributed by atoms with E-state index < -0.39 is 6.17 Å². The average molecular weight is 397 g/mol. The molecule has 0 radical (unpaired) electrons. The number of rotatable bonds is 4. The highest BCUT2D eigenvalue weighted by Gasteiger charge is 2.27. The molecule has 3 aromatic rings. The lowest BCUT2D eigenvalue weighted by Gasteiger charge is -2.25. The van der Waals surface area contributed by atoms with Crippen molar-refractivity contribution < 1.29 is 13.9 Å². The Bertz CT molecular complexity index is 1060. The molecule has 0 bridgehead atoms. The molecule has 5 heterocycles. The van der Waals surface area contributed by atoms with Crippen LogP contribution in [0, 0.1) is 0 Å². The molecule has 29 heavy (non-hydrogen) atoms. The number of nitrogens with one attached hydrogen (secondary N) is 2. The standard InChI is InChI=1S/C19H20FN7O2/c20-12-6-21-7-14(12)25-16-3-1-2-13(24-16)15-8-22-17-9-23-18(10-27(15)17)26-4-5-29-11-19(26)28/h1-3,8-10,12,14,21H,4-7,11H2,(H,24,25)/t12-,14-/m0/s1. The minimum absolute atomic E-state index is 0.0529. The van der Waals surface area contributed by atoms with E-state index in [1.165, 1.54) is 0 Å². The molecular formula is C19H20FN7O2. The Labute approximate surface area is 165 Å². The quantitative estimate of drug-likeness (QED) is 0.675. The number of amides is 1. The number of carbonyl (C=O) groups is 1. The lowest BCUT2D eigenvalue weighted by atomic mass is 10.2. The van der Waals surface area contributed by atoms with Crippen LogP contribution in [-0.4, -0.2) is 70.3 Å². The summed E-state index contributed by atoms with van der Waals surface area (Å²) < 4.78 is 20.9. The molecule has 2 atom stereocenters. The summed E-state index contributed by atoms with van der Waals surface area (Å²) in [6.07, 6.45) is 4.17. The monoisotopic (exact) mass is 397 g/mol. The highest BCUT2D eigenvalue weighted by atomic mass is 19.1. The Balaban J connectivity index is 1.47. The fourth-order valence-corrected chi connectivity index (χ4v) is 3.60. The van der Waals surface area contributed by atoms with Crippen LogP contribution < -0.4 is 15.5 Å². The molecule has 2 aliphatic heterocycles. The predicted molar refractivity (Wildman–Crippen MR) is 105 cm³/mol. The number of anilines is 2. The van der Waals surface area contributed by atoms with Crippen LogP contribution in [0.2, 0.25) is 0 Å². The van der Waals surface area contributed by atoms with Gasteiger partial charge in [-0.15, -0.1) is 0 Å². The van der Waals surface area contributed by atoms with Crippen LogP contribution in [0.4, 0.5) is 16.0 Å². The van der Waals surface area contributed by atoms with Gasteiger partial charge >= 0.3 is 0 Å². The van der Waals surface area contributed by atoms with E-state index in [1.54, 1.807) is 23.5 Å². The normalized spacial score (nSPS) is 22.4. The molecular weight excluding hydrogens is 377 g/mol. The molecule has 10 heteroatoms. The van der Waals surface area contributed by atoms with Crippen molar-refractivity contribution in [1.82, 2.24) is 24.7 Å². The van der Waals surface area contributed by atoms with Crippen molar-refractivity contribution in [3.8, 4) is 11.4 Å². The highest BCUT2D eigenvalue weighted by Crippen LogP contribution is 2.23. The van der Waals surface area contributed by atoms with Gasteiger partial charge in [-0.25, -0.2) is 19.3 Å². The van der Waals surface area contributed by atoms with Gasteiger partial charge in [0.1, 0.15) is 18.6 Å². The fourth-order valence-electron chi connectivity index (χ4n) is 3.60. The lowest BCUT2D eigenvalue weighted by molar-refractivity contribution is -0.125. The molecule has 150 valence electrons. The molecule has 2 aliphatic rings. The topological polar surface area (TPSA) is 96.7 Å². The molecule has 0 spiro atoms. The van der Waals surface area contributed by atoms with E-state index in [0.717, 1.165) is 5.69 Å². The van der Waals surface area contributed by atoms with Crippen LogP contribution in [0.1, 0.15) is 0 Å². The van der Waals surface area contributed by atoms with Crippen molar-refractivity contribution in [2.75, 3.05) is 43.1 Å². The highest BCUT2D eigenvalue weighted by molar-refractivity contribution is 5.93. The Hall–Kier alpha value is -3.11. The molecule has 3 aromatic heterocycles. The van der Waals surface area contributed by atoms with Crippen molar-refractivity contribution in [1.29, 1.82) is 0 Å². The number of fused-ring (bicyclic) bond motifs is 1. The molecule has 2 N–H and O–H groups in total. The molecule has 0 aromatic carbocycles. The van der Waals surface area contributed by atoms with Gasteiger partial charge in [0.05, 0.1) is 49.2 Å². The maximum atomic E-state index is 13.9. The van der Waals surface area contributed by atoms with Gasteiger partial charge in [0.25, 0.3) is 5.91 Å². The van der Waals surface area contributed by atoms with Gasteiger partial charge in [-0.3, -0.25) is 14.1 Å². The number of aromatic nitrogens is 4. The number of nitrogens with zero attached hydrogens (tertiary/aromatic N) is 5. The first kappa shape index (κ1) is 18.0. The summed E-state index contributed by atoms with van der Waals surface area (Å²) in [6.45, 7) is 1.89. The Kier molecular flexibility index (Phi) is 4.57. The van der Waals surface area contributed by atoms with Crippen molar-refractivity contribution in [3.63, 3.8) is 0 Å². The number of halogens is 1. The summed E-state index contributed by atoms with van der Waals surface area (Å²) in [7, 11) is 0. The Morgan fingerprint density at radius 3 is 3.00 bits per heavy atom. The Morgan fingerprint density at radius 1 is 1.24 bits per heavy atom. The number of morpholine rings is 1. The van der Waals surface area contributed by atoms with Gasteiger partial charge in [-0.05, 0) is 12.1 Å². The average Bonchev–Trinajstić information content (AvgIpc) is 3.34. The molecule has 0 saturated carbocycles. The van der Waals surface area contributed by atoms with Gasteiger partial charge in [0, 0.05) is 13.1 Å². The van der Waals surface area contributed by atoms with Gasteiger partial charge in [-0.1, -0.05) is 6.07 Å². The smallest absolute Gasteiger partial charge is 0.254 e. The third-order valence-electron chi connectivity index (χ3n) is 5.13. The molecule has 0 unspecified atom stereocenters. The Morgan fingerprint density at radius 2 is 2.17 bits per heavy atom. The number of hydrogen-bond donors (Lipinski definition) is 2. The first-order chi connectivity index (χ1) is 14.2. The lowest BCUT2D eigenvalue weighted by Crippen LogP contribution is -2.42. The SMILES string of the molecule is O=C1COCCN1c1cn2c(-c3cccc(N[C@H]4CNC[C@@H]4F)n3)cnc2cn1. The van der Waals surface area contributed by atoms with Crippen LogP contribution in [0.15, 0.2) is 36.8 Å². The molecule has 9 nitrogen and oxygen atoms in total. The van der Waals surface area contributed by atoms with E-state index in [4.69, 9.17) is 4.74 Å². The fraction of sp³-hybridized carbons (Fsp3) is 0.368. The number of imidazole rings is 1. The third kappa shape index (κ3) is 3.40. The van der Waals surface area contributed by atoms with E-state index in [9.17, 15) is 9.18 Å². The maximum Gasteiger partial charge on any atom is 0.254 e. The minimum atomic E-state index is -0.948. The number of ether oxygens (including phenoxy) is 1. The summed E-state index contributed by atoms with van der Waals surface area (Å²) in [4.78, 5) is 27.1. The van der Waals surface area contributed by atoms with Gasteiger partial charge in [0.2, 0.25) is 0 Å². The van der Waals surface area contributed by atoms with Crippen LogP contribution in [0.25, 0.3) is 17.0 Å². The zero-order valence-electron chi connectivity index (χ0n) is 15.6. The van der Waals surface area contributed by atoms with E-state index in [2.05, 4.69) is 25.6 Å². The zero-order valence-corrected chi connectivity index (χ0v) is 15.6. The number of hydrogen-bond acceptors (Lipinski definition) is 7. The largest absolute Gasteiger partial charge is 0.370 e. The number of alkyl halides is 1. The predicted octanol–water partition coefficient (Wildman–Crippen LogP) is 0.876. The molecule has 5 rings (SSSR count). The van der Waals surface area contributed by atoms with Gasteiger partial charge in [-0.2, -0.15) is 0 Å². The summed E-state index contributed by atoms with van der Waals surface area (Å²) in [5.41, 5.74) is 2.09. The van der Waals surface area contributed by atoms with Crippen molar-refractivity contribution in [3.05, 3.63) is 36.8 Å². The second-order valence-electron chi connectivity index (χ2n) is 7.05. The zero-order chi connectivity index (χ0) is 19.8. The third-order valence-corrected chi connectivity index (χ3v) is 5.13. The van der Waals surface area contributed by atoms with E-state index >= 15 is 0 Å². The molecule has 0 aliphatic carbocycles. The summed E-state index contributed by atoms with van der Waals surface area (Å²) in [6, 6.07) is 5.25. The van der Waals surface area contributed by atoms with Crippen molar-refractivity contribution >= 4 is 23.2 Å². The molecule has 2 saturated heterocycles. The van der Waals surface area contributed by atoms with Gasteiger partial charge < -0.3 is 15.4 Å². The van der Waals surface area contributed by atoms with Crippen LogP contribution in [0.5, 0.6) is 0 Å². The molecule has 2 fully saturated rings. The second kappa shape index (κ2) is 7.37. The van der Waals surface area contributed by atoms with Crippen molar-refractivity contribution in [2.24, 2.45) is 0 Å². The van der Waals surface area contributed by atoms with Crippen LogP contribution in [-0.2, 0) is 9.53 Å². The second-order valence-corrected chi connectivity index (χ2v) is 7.05. The number of carbonyl (C=O) groups excluding carboxylic acids is 1. The van der Waals surface area contributed by atoms with E-state index in [1.807, 2.05) is 22.6 Å². The summed E-state index contributed by atoms with van der Waals surface area (Å²) in [5.74, 6) is 1.02. The maximum absolute atomic E-state index is 13.9. The first-order valence-electron chi connectivity index (χ1n) is 9.49. The molecule has 1 amide bonds. The van der Waals surface area contributed by atoms with Crippen LogP contribution in [0.3, 0.4) is 0 Å². The van der Waals surface area contributed by atoms with E-state index in [0.29, 0.717) is 49.2 Å². The summed E-state index contributed by atoms with van der Waals surface area (Å²) in [5, 5.41) is 6.17. The number of pyridine rings is 1.